The maximum Gasteiger partial charge on any atom is 0.269 e. The van der Waals surface area contributed by atoms with E-state index in [2.05, 4.69) is 20.8 Å². The number of hydrogen-bond acceptors (Lipinski definition) is 6. The Labute approximate surface area is 198 Å². The number of nitrogens with zero attached hydrogens (tertiary/aromatic N) is 3. The molecule has 0 aliphatic rings. The van der Waals surface area contributed by atoms with Gasteiger partial charge in [-0.2, -0.15) is 0 Å². The van der Waals surface area contributed by atoms with Crippen LogP contribution in [0.5, 0.6) is 0 Å². The number of nitrogens with one attached hydrogen (secondary N) is 2. The summed E-state index contributed by atoms with van der Waals surface area (Å²) in [5.74, 6) is -0.613. The topological polar surface area (TPSA) is 106 Å². The number of aryl methyl sites for hydroxylation is 1. The molecule has 166 valence electrons. The van der Waals surface area contributed by atoms with E-state index in [0.717, 1.165) is 17.3 Å². The van der Waals surface area contributed by atoms with Gasteiger partial charge in [0.2, 0.25) is 5.91 Å². The number of amides is 2. The zero-order valence-corrected chi connectivity index (χ0v) is 19.0. The Morgan fingerprint density at radius 1 is 1.06 bits per heavy atom. The molecule has 2 heterocycles. The molecule has 0 unspecified atom stereocenters. The molecule has 2 aromatic heterocycles. The highest BCUT2D eigenvalue weighted by molar-refractivity contribution is 7.99. The van der Waals surface area contributed by atoms with Gasteiger partial charge < -0.3 is 0 Å². The van der Waals surface area contributed by atoms with E-state index in [0.29, 0.717) is 32.5 Å². The number of halogens is 1. The summed E-state index contributed by atoms with van der Waals surface area (Å²) in [6.07, 6.45) is 1.61. The summed E-state index contributed by atoms with van der Waals surface area (Å²) in [5.41, 5.74) is 6.23. The van der Waals surface area contributed by atoms with Gasteiger partial charge in [-0.25, -0.2) is 14.5 Å². The number of carbonyl (C=O) groups is 2. The van der Waals surface area contributed by atoms with Crippen molar-refractivity contribution in [1.29, 1.82) is 0 Å². The van der Waals surface area contributed by atoms with Crippen molar-refractivity contribution in [3.05, 3.63) is 93.4 Å². The van der Waals surface area contributed by atoms with E-state index >= 15 is 0 Å². The van der Waals surface area contributed by atoms with Crippen LogP contribution in [0.3, 0.4) is 0 Å². The molecule has 0 bridgehead atoms. The van der Waals surface area contributed by atoms with Gasteiger partial charge in [-0.1, -0.05) is 35.5 Å². The minimum Gasteiger partial charge on any atom is -0.272 e. The van der Waals surface area contributed by atoms with Crippen LogP contribution in [0.2, 0.25) is 5.02 Å². The lowest BCUT2D eigenvalue weighted by atomic mass is 10.2. The predicted molar refractivity (Wildman–Crippen MR) is 128 cm³/mol. The number of rotatable bonds is 5. The molecule has 0 spiro atoms. The monoisotopic (exact) mass is 479 g/mol. The summed E-state index contributed by atoms with van der Waals surface area (Å²) < 4.78 is 1.39. The molecule has 2 N–H and O–H groups in total. The summed E-state index contributed by atoms with van der Waals surface area (Å²) in [6.45, 7) is 1.90. The Kier molecular flexibility index (Phi) is 6.71. The quantitative estimate of drug-likeness (QED) is 0.258. The van der Waals surface area contributed by atoms with Gasteiger partial charge in [0.05, 0.1) is 16.7 Å². The van der Waals surface area contributed by atoms with Crippen molar-refractivity contribution in [2.45, 2.75) is 12.1 Å². The van der Waals surface area contributed by atoms with Crippen molar-refractivity contribution in [2.75, 3.05) is 5.75 Å². The largest absolute Gasteiger partial charge is 0.272 e. The van der Waals surface area contributed by atoms with Crippen LogP contribution < -0.4 is 16.4 Å². The second-order valence-corrected chi connectivity index (χ2v) is 8.42. The van der Waals surface area contributed by atoms with E-state index in [1.165, 1.54) is 4.57 Å². The molecule has 0 saturated heterocycles. The molecular formula is C23H18ClN5O3S. The molecule has 0 atom stereocenters. The lowest BCUT2D eigenvalue weighted by Gasteiger charge is -2.13. The molecule has 2 aromatic carbocycles. The summed E-state index contributed by atoms with van der Waals surface area (Å²) >= 11 is 6.88. The lowest BCUT2D eigenvalue weighted by molar-refractivity contribution is -0.119. The van der Waals surface area contributed by atoms with Gasteiger partial charge in [-0.3, -0.25) is 25.2 Å². The van der Waals surface area contributed by atoms with Crippen molar-refractivity contribution < 1.29 is 9.59 Å². The number of carbonyl (C=O) groups excluding carboxylic acids is 2. The standard InChI is InChI=1S/C23H18ClN5O3S/c1-14-10-11-25-19(12-14)29-22(32)17-4-2-3-5-18(17)26-23(29)33-13-20(30)27-28-21(31)15-6-8-16(24)9-7-15/h2-12H,13H2,1H3,(H,27,30)(H,28,31). The highest BCUT2D eigenvalue weighted by Crippen LogP contribution is 2.20. The molecule has 0 saturated carbocycles. The van der Waals surface area contributed by atoms with Crippen molar-refractivity contribution in [3.8, 4) is 5.82 Å². The number of fused-ring (bicyclic) bond motifs is 1. The number of pyridine rings is 1. The van der Waals surface area contributed by atoms with Gasteiger partial charge in [0.25, 0.3) is 11.5 Å². The molecular weight excluding hydrogens is 462 g/mol. The highest BCUT2D eigenvalue weighted by atomic mass is 35.5. The summed E-state index contributed by atoms with van der Waals surface area (Å²) in [5, 5.41) is 1.27. The number of thioether (sulfide) groups is 1. The molecule has 0 fully saturated rings. The van der Waals surface area contributed by atoms with Crippen molar-refractivity contribution in [1.82, 2.24) is 25.4 Å². The van der Waals surface area contributed by atoms with E-state index in [1.54, 1.807) is 60.8 Å². The molecule has 4 rings (SSSR count). The fourth-order valence-corrected chi connectivity index (χ4v) is 3.95. The Bertz CT molecular complexity index is 1410. The minimum absolute atomic E-state index is 0.0858. The van der Waals surface area contributed by atoms with E-state index in [1.807, 2.05) is 13.0 Å². The maximum absolute atomic E-state index is 13.2. The number of benzene rings is 2. The van der Waals surface area contributed by atoms with Crippen LogP contribution in [0.4, 0.5) is 0 Å². The van der Waals surface area contributed by atoms with Gasteiger partial charge in [-0.15, -0.1) is 0 Å². The Balaban J connectivity index is 1.53. The fourth-order valence-electron chi connectivity index (χ4n) is 3.02. The van der Waals surface area contributed by atoms with Crippen LogP contribution in [0.25, 0.3) is 16.7 Å². The first-order valence-corrected chi connectivity index (χ1v) is 11.2. The molecule has 33 heavy (non-hydrogen) atoms. The summed E-state index contributed by atoms with van der Waals surface area (Å²) in [7, 11) is 0. The smallest absolute Gasteiger partial charge is 0.269 e. The highest BCUT2D eigenvalue weighted by Gasteiger charge is 2.16. The molecule has 2 amide bonds. The normalized spacial score (nSPS) is 10.7. The van der Waals surface area contributed by atoms with Gasteiger partial charge in [0, 0.05) is 16.8 Å². The zero-order chi connectivity index (χ0) is 23.4. The van der Waals surface area contributed by atoms with Crippen molar-refractivity contribution in [2.24, 2.45) is 0 Å². The van der Waals surface area contributed by atoms with Gasteiger partial charge in [0.15, 0.2) is 5.16 Å². The van der Waals surface area contributed by atoms with Crippen LogP contribution in [-0.2, 0) is 4.79 Å². The number of hydrazine groups is 1. The van der Waals surface area contributed by atoms with Crippen LogP contribution in [0.1, 0.15) is 15.9 Å². The zero-order valence-electron chi connectivity index (χ0n) is 17.4. The van der Waals surface area contributed by atoms with Gasteiger partial charge >= 0.3 is 0 Å². The van der Waals surface area contributed by atoms with E-state index < -0.39 is 11.8 Å². The van der Waals surface area contributed by atoms with Gasteiger partial charge in [0.1, 0.15) is 5.82 Å². The predicted octanol–water partition coefficient (Wildman–Crippen LogP) is 3.30. The molecule has 8 nitrogen and oxygen atoms in total. The average molecular weight is 480 g/mol. The third-order valence-corrected chi connectivity index (χ3v) is 5.82. The van der Waals surface area contributed by atoms with E-state index in [9.17, 15) is 14.4 Å². The Morgan fingerprint density at radius 3 is 2.58 bits per heavy atom. The van der Waals surface area contributed by atoms with E-state index in [-0.39, 0.29) is 11.3 Å². The van der Waals surface area contributed by atoms with Gasteiger partial charge in [-0.05, 0) is 61.0 Å². The first kappa shape index (κ1) is 22.5. The number of para-hydroxylation sites is 1. The summed E-state index contributed by atoms with van der Waals surface area (Å²) in [4.78, 5) is 46.6. The van der Waals surface area contributed by atoms with Crippen molar-refractivity contribution >= 4 is 46.1 Å². The van der Waals surface area contributed by atoms with Crippen LogP contribution in [-0.4, -0.2) is 32.1 Å². The Hall–Kier alpha value is -3.69. The second kappa shape index (κ2) is 9.85. The molecule has 0 radical (unpaired) electrons. The fraction of sp³-hybridized carbons (Fsp3) is 0.0870. The first-order chi connectivity index (χ1) is 15.9. The van der Waals surface area contributed by atoms with Crippen molar-refractivity contribution in [3.63, 3.8) is 0 Å². The molecule has 0 aliphatic heterocycles. The minimum atomic E-state index is -0.477. The number of aromatic nitrogens is 3. The molecule has 4 aromatic rings. The second-order valence-electron chi connectivity index (χ2n) is 7.04. The molecule has 0 aliphatic carbocycles. The summed E-state index contributed by atoms with van der Waals surface area (Å²) in [6, 6.07) is 16.8. The molecule has 10 heteroatoms. The third-order valence-electron chi connectivity index (χ3n) is 4.63. The number of hydrogen-bond donors (Lipinski definition) is 2. The Morgan fingerprint density at radius 2 is 1.82 bits per heavy atom. The first-order valence-electron chi connectivity index (χ1n) is 9.85. The van der Waals surface area contributed by atoms with Crippen LogP contribution >= 0.6 is 23.4 Å². The van der Waals surface area contributed by atoms with E-state index in [4.69, 9.17) is 11.6 Å². The van der Waals surface area contributed by atoms with Crippen LogP contribution in [0.15, 0.2) is 76.8 Å². The maximum atomic E-state index is 13.2. The average Bonchev–Trinajstić information content (AvgIpc) is 2.81. The van der Waals surface area contributed by atoms with Crippen LogP contribution in [0, 0.1) is 6.92 Å². The lowest BCUT2D eigenvalue weighted by Crippen LogP contribution is -2.42. The third kappa shape index (κ3) is 5.21. The SMILES string of the molecule is Cc1ccnc(-n2c(SCC(=O)NNC(=O)c3ccc(Cl)cc3)nc3ccccc3c2=O)c1.